The summed E-state index contributed by atoms with van der Waals surface area (Å²) in [5.74, 6) is -0.479. The van der Waals surface area contributed by atoms with Crippen LogP contribution >= 0.6 is 7.75 Å². The molecule has 0 spiro atoms. The largest absolute Gasteiger partial charge is 0.506 e. The van der Waals surface area contributed by atoms with Gasteiger partial charge in [0, 0.05) is 23.9 Å². The third-order valence-corrected chi connectivity index (χ3v) is 7.76. The van der Waals surface area contributed by atoms with Gasteiger partial charge in [0.15, 0.2) is 0 Å². The van der Waals surface area contributed by atoms with Crippen molar-refractivity contribution in [3.8, 4) is 17.2 Å². The van der Waals surface area contributed by atoms with Crippen LogP contribution in [0, 0.1) is 6.92 Å². The Morgan fingerprint density at radius 3 is 2.24 bits per heavy atom. The van der Waals surface area contributed by atoms with Crippen molar-refractivity contribution in [1.29, 1.82) is 0 Å². The molecular weight excluding hydrogens is 545 g/mol. The lowest BCUT2D eigenvalue weighted by Gasteiger charge is -2.24. The van der Waals surface area contributed by atoms with Gasteiger partial charge >= 0.3 is 13.7 Å². The monoisotopic (exact) mass is 577 g/mol. The summed E-state index contributed by atoms with van der Waals surface area (Å²) in [6, 6.07) is 23.7. The molecule has 0 saturated heterocycles. The topological polar surface area (TPSA) is 153 Å². The highest BCUT2D eigenvalue weighted by Gasteiger charge is 2.34. The number of nitrogens with two attached hydrogens (primary N) is 1. The zero-order valence-electron chi connectivity index (χ0n) is 22.5. The van der Waals surface area contributed by atoms with Crippen molar-refractivity contribution in [3.63, 3.8) is 0 Å². The number of aromatic hydroxyl groups is 1. The fourth-order valence-corrected chi connectivity index (χ4v) is 5.45. The van der Waals surface area contributed by atoms with Crippen LogP contribution in [0.15, 0.2) is 91.1 Å². The van der Waals surface area contributed by atoms with E-state index >= 15 is 0 Å². The molecule has 0 aliphatic carbocycles. The molecule has 214 valence electrons. The number of benzene rings is 3. The number of pyridine rings is 1. The third kappa shape index (κ3) is 8.39. The number of aromatic nitrogens is 1. The summed E-state index contributed by atoms with van der Waals surface area (Å²) in [4.78, 5) is 16.4. The van der Waals surface area contributed by atoms with Crippen molar-refractivity contribution in [2.45, 2.75) is 39.1 Å². The van der Waals surface area contributed by atoms with Gasteiger partial charge in [-0.1, -0.05) is 60.7 Å². The number of rotatable bonds is 14. The lowest BCUT2D eigenvalue weighted by molar-refractivity contribution is -0.139. The molecule has 4 rings (SSSR count). The Kier molecular flexibility index (Phi) is 10.1. The normalized spacial score (nSPS) is 13.2. The maximum Gasteiger partial charge on any atom is 0.459 e. The van der Waals surface area contributed by atoms with Gasteiger partial charge in [-0.15, -0.1) is 0 Å². The van der Waals surface area contributed by atoms with Crippen molar-refractivity contribution in [3.05, 3.63) is 119 Å². The Balaban J connectivity index is 1.49. The molecule has 0 aliphatic rings. The first-order chi connectivity index (χ1) is 19.8. The molecular formula is C30H32N3O7P. The molecule has 1 aromatic heterocycles. The van der Waals surface area contributed by atoms with Crippen molar-refractivity contribution in [2.24, 2.45) is 5.73 Å². The second-order valence-electron chi connectivity index (χ2n) is 9.22. The second-order valence-corrected chi connectivity index (χ2v) is 10.9. The Morgan fingerprint density at radius 2 is 1.61 bits per heavy atom. The van der Waals surface area contributed by atoms with Crippen LogP contribution in [0.2, 0.25) is 0 Å². The molecule has 0 fully saturated rings. The molecule has 2 unspecified atom stereocenters. The van der Waals surface area contributed by atoms with E-state index in [9.17, 15) is 19.6 Å². The molecule has 1 heterocycles. The van der Waals surface area contributed by atoms with E-state index in [-0.39, 0.29) is 31.1 Å². The van der Waals surface area contributed by atoms with Gasteiger partial charge in [-0.2, -0.15) is 5.09 Å². The summed E-state index contributed by atoms with van der Waals surface area (Å²) >= 11 is 0. The van der Waals surface area contributed by atoms with Gasteiger partial charge in [-0.25, -0.2) is 4.57 Å². The smallest absolute Gasteiger partial charge is 0.459 e. The molecule has 41 heavy (non-hydrogen) atoms. The van der Waals surface area contributed by atoms with Gasteiger partial charge in [0.1, 0.15) is 29.9 Å². The van der Waals surface area contributed by atoms with Gasteiger partial charge in [0.25, 0.3) is 0 Å². The van der Waals surface area contributed by atoms with Gasteiger partial charge in [0.05, 0.1) is 12.3 Å². The average molecular weight is 578 g/mol. The molecule has 11 heteroatoms. The van der Waals surface area contributed by atoms with E-state index in [2.05, 4.69) is 10.1 Å². The summed E-state index contributed by atoms with van der Waals surface area (Å²) in [5, 5.41) is 22.9. The number of carbonyl (C=O) groups is 1. The zero-order chi connectivity index (χ0) is 29.2. The Hall–Kier alpha value is -4.21. The van der Waals surface area contributed by atoms with Gasteiger partial charge in [-0.05, 0) is 48.7 Å². The first-order valence-electron chi connectivity index (χ1n) is 12.9. The first kappa shape index (κ1) is 29.8. The standard InChI is InChI=1S/C30H32N3O7P/c1-21-29(34)27(17-31)24(18-32-21)20-39-41(37,40-26-10-6-3-7-11-26)33-28(30(35)36)16-22-12-14-25(15-13-22)38-19-23-8-4-2-5-9-23/h2-15,18,28,34H,16-17,19-20,31H2,1H3,(H,33,37)(H,35,36). The Morgan fingerprint density at radius 1 is 0.951 bits per heavy atom. The quantitative estimate of drug-likeness (QED) is 0.149. The van der Waals surface area contributed by atoms with Crippen LogP contribution in [-0.4, -0.2) is 27.2 Å². The minimum Gasteiger partial charge on any atom is -0.506 e. The Labute approximate surface area is 238 Å². The van der Waals surface area contributed by atoms with Crippen LogP contribution in [0.25, 0.3) is 0 Å². The SMILES string of the molecule is Cc1ncc(COP(=O)(NC(Cc2ccc(OCc3ccccc3)cc2)C(=O)O)Oc2ccccc2)c(CN)c1O. The van der Waals surface area contributed by atoms with Crippen LogP contribution < -0.4 is 20.1 Å². The highest BCUT2D eigenvalue weighted by atomic mass is 31.2. The van der Waals surface area contributed by atoms with E-state index in [0.717, 1.165) is 5.56 Å². The zero-order valence-corrected chi connectivity index (χ0v) is 23.4. The highest BCUT2D eigenvalue weighted by molar-refractivity contribution is 7.52. The van der Waals surface area contributed by atoms with Crippen molar-refractivity contribution in [2.75, 3.05) is 0 Å². The van der Waals surface area contributed by atoms with E-state index in [0.29, 0.717) is 34.7 Å². The summed E-state index contributed by atoms with van der Waals surface area (Å²) in [5.41, 5.74) is 8.66. The molecule has 5 N–H and O–H groups in total. The lowest BCUT2D eigenvalue weighted by Crippen LogP contribution is -2.38. The van der Waals surface area contributed by atoms with E-state index in [1.165, 1.54) is 6.20 Å². The molecule has 3 aromatic carbocycles. The minimum absolute atomic E-state index is 0.00598. The molecule has 10 nitrogen and oxygen atoms in total. The third-order valence-electron chi connectivity index (χ3n) is 6.22. The van der Waals surface area contributed by atoms with Crippen molar-refractivity contribution < 1.29 is 33.4 Å². The van der Waals surface area contributed by atoms with Crippen molar-refractivity contribution in [1.82, 2.24) is 10.1 Å². The van der Waals surface area contributed by atoms with Crippen LogP contribution in [0.4, 0.5) is 0 Å². The van der Waals surface area contributed by atoms with Crippen LogP contribution in [-0.2, 0) is 40.1 Å². The van der Waals surface area contributed by atoms with Crippen LogP contribution in [0.1, 0.15) is 27.9 Å². The van der Waals surface area contributed by atoms with Gasteiger partial charge in [0.2, 0.25) is 0 Å². The van der Waals surface area contributed by atoms with E-state index in [4.69, 9.17) is 19.5 Å². The van der Waals surface area contributed by atoms with E-state index in [1.807, 2.05) is 30.3 Å². The number of hydrogen-bond donors (Lipinski definition) is 4. The fourth-order valence-electron chi connectivity index (χ4n) is 3.98. The summed E-state index contributed by atoms with van der Waals surface area (Å²) in [7, 11) is -4.27. The highest BCUT2D eigenvalue weighted by Crippen LogP contribution is 2.46. The minimum atomic E-state index is -4.27. The summed E-state index contributed by atoms with van der Waals surface area (Å²) in [6.45, 7) is 1.72. The fraction of sp³-hybridized carbons (Fsp3) is 0.200. The van der Waals surface area contributed by atoms with E-state index < -0.39 is 19.8 Å². The maximum atomic E-state index is 13.9. The average Bonchev–Trinajstić information content (AvgIpc) is 2.98. The molecule has 0 amide bonds. The summed E-state index contributed by atoms with van der Waals surface area (Å²) in [6.07, 6.45) is 1.45. The number of carboxylic acid groups (broad SMARTS) is 1. The van der Waals surface area contributed by atoms with Crippen molar-refractivity contribution >= 4 is 13.7 Å². The molecule has 0 radical (unpaired) electrons. The number of carboxylic acids is 1. The number of nitrogens with zero attached hydrogens (tertiary/aromatic N) is 1. The Bertz CT molecular complexity index is 1490. The van der Waals surface area contributed by atoms with Gasteiger partial charge < -0.3 is 25.2 Å². The number of para-hydroxylation sites is 1. The lowest BCUT2D eigenvalue weighted by atomic mass is 10.1. The predicted molar refractivity (Wildman–Crippen MR) is 153 cm³/mol. The van der Waals surface area contributed by atoms with Gasteiger partial charge in [-0.3, -0.25) is 14.3 Å². The number of hydrogen-bond acceptors (Lipinski definition) is 8. The first-order valence-corrected chi connectivity index (χ1v) is 14.4. The van der Waals surface area contributed by atoms with Crippen LogP contribution in [0.3, 0.4) is 0 Å². The number of aryl methyl sites for hydroxylation is 1. The second kappa shape index (κ2) is 13.9. The number of ether oxygens (including phenoxy) is 1. The molecule has 0 aliphatic heterocycles. The molecule has 2 atom stereocenters. The number of nitrogens with one attached hydrogen (secondary N) is 1. The molecule has 0 bridgehead atoms. The summed E-state index contributed by atoms with van der Waals surface area (Å²) < 4.78 is 31.1. The maximum absolute atomic E-state index is 13.9. The molecule has 0 saturated carbocycles. The van der Waals surface area contributed by atoms with Crippen LogP contribution in [0.5, 0.6) is 17.2 Å². The predicted octanol–water partition coefficient (Wildman–Crippen LogP) is 5.12. The molecule has 4 aromatic rings. The number of aliphatic carboxylic acids is 1. The van der Waals surface area contributed by atoms with E-state index in [1.54, 1.807) is 61.5 Å².